The second kappa shape index (κ2) is 9.20. The number of anilines is 1. The number of esters is 1. The SMILES string of the molecule is CCOC(=O)CCCNC(=O)C1CC(=O)N(c2ccc(CC)cc2)C1. The summed E-state index contributed by atoms with van der Waals surface area (Å²) < 4.78 is 4.84. The minimum atomic E-state index is -0.346. The molecule has 1 aromatic carbocycles. The molecule has 1 unspecified atom stereocenters. The summed E-state index contributed by atoms with van der Waals surface area (Å²) in [5.41, 5.74) is 2.05. The molecule has 1 heterocycles. The summed E-state index contributed by atoms with van der Waals surface area (Å²) >= 11 is 0. The van der Waals surface area contributed by atoms with E-state index in [1.807, 2.05) is 24.3 Å². The number of benzene rings is 1. The van der Waals surface area contributed by atoms with E-state index in [9.17, 15) is 14.4 Å². The molecule has 2 rings (SSSR count). The molecule has 0 spiro atoms. The molecule has 0 saturated carbocycles. The van der Waals surface area contributed by atoms with E-state index in [-0.39, 0.29) is 36.5 Å². The van der Waals surface area contributed by atoms with Crippen molar-refractivity contribution in [3.05, 3.63) is 29.8 Å². The quantitative estimate of drug-likeness (QED) is 0.577. The molecule has 136 valence electrons. The van der Waals surface area contributed by atoms with Gasteiger partial charge in [-0.15, -0.1) is 0 Å². The highest BCUT2D eigenvalue weighted by atomic mass is 16.5. The van der Waals surface area contributed by atoms with Crippen molar-refractivity contribution in [1.29, 1.82) is 0 Å². The Morgan fingerprint density at radius 3 is 2.60 bits per heavy atom. The zero-order valence-electron chi connectivity index (χ0n) is 14.9. The van der Waals surface area contributed by atoms with Gasteiger partial charge in [0, 0.05) is 31.6 Å². The van der Waals surface area contributed by atoms with Crippen LogP contribution < -0.4 is 10.2 Å². The number of ether oxygens (including phenoxy) is 1. The molecule has 1 fully saturated rings. The lowest BCUT2D eigenvalue weighted by Gasteiger charge is -2.17. The molecular formula is C19H26N2O4. The third-order valence-corrected chi connectivity index (χ3v) is 4.31. The summed E-state index contributed by atoms with van der Waals surface area (Å²) in [6.07, 6.45) is 1.99. The summed E-state index contributed by atoms with van der Waals surface area (Å²) in [5, 5.41) is 2.81. The van der Waals surface area contributed by atoms with E-state index in [0.29, 0.717) is 26.1 Å². The number of aryl methyl sites for hydroxylation is 1. The molecule has 1 saturated heterocycles. The molecule has 1 N–H and O–H groups in total. The number of carbonyl (C=O) groups is 3. The number of hydrogen-bond acceptors (Lipinski definition) is 4. The van der Waals surface area contributed by atoms with Gasteiger partial charge in [0.25, 0.3) is 0 Å². The van der Waals surface area contributed by atoms with Gasteiger partial charge in [0.15, 0.2) is 0 Å². The average molecular weight is 346 g/mol. The van der Waals surface area contributed by atoms with E-state index in [1.54, 1.807) is 11.8 Å². The first-order valence-electron chi connectivity index (χ1n) is 8.87. The Balaban J connectivity index is 1.80. The van der Waals surface area contributed by atoms with Gasteiger partial charge in [-0.2, -0.15) is 0 Å². The highest BCUT2D eigenvalue weighted by molar-refractivity contribution is 6.00. The highest BCUT2D eigenvalue weighted by Crippen LogP contribution is 2.25. The number of nitrogens with one attached hydrogen (secondary N) is 1. The van der Waals surface area contributed by atoms with Crippen molar-refractivity contribution < 1.29 is 19.1 Å². The Kier molecular flexibility index (Phi) is 6.98. The van der Waals surface area contributed by atoms with Crippen LogP contribution in [0.4, 0.5) is 5.69 Å². The predicted molar refractivity (Wildman–Crippen MR) is 95.2 cm³/mol. The Bertz CT molecular complexity index is 612. The molecule has 1 aliphatic rings. The number of carbonyl (C=O) groups excluding carboxylic acids is 3. The lowest BCUT2D eigenvalue weighted by atomic mass is 10.1. The van der Waals surface area contributed by atoms with Crippen molar-refractivity contribution in [3.63, 3.8) is 0 Å². The monoisotopic (exact) mass is 346 g/mol. The molecule has 0 radical (unpaired) electrons. The van der Waals surface area contributed by atoms with Crippen LogP contribution in [-0.4, -0.2) is 37.5 Å². The van der Waals surface area contributed by atoms with Crippen LogP contribution in [0.15, 0.2) is 24.3 Å². The maximum absolute atomic E-state index is 12.2. The first kappa shape index (κ1) is 19.0. The van der Waals surface area contributed by atoms with E-state index in [4.69, 9.17) is 4.74 Å². The van der Waals surface area contributed by atoms with Crippen molar-refractivity contribution >= 4 is 23.5 Å². The van der Waals surface area contributed by atoms with Gasteiger partial charge in [-0.05, 0) is 37.5 Å². The van der Waals surface area contributed by atoms with Crippen molar-refractivity contribution in [2.75, 3.05) is 24.6 Å². The second-order valence-electron chi connectivity index (χ2n) is 6.12. The van der Waals surface area contributed by atoms with E-state index >= 15 is 0 Å². The third-order valence-electron chi connectivity index (χ3n) is 4.31. The summed E-state index contributed by atoms with van der Waals surface area (Å²) in [6, 6.07) is 7.86. The minimum absolute atomic E-state index is 0.0316. The van der Waals surface area contributed by atoms with Crippen LogP contribution in [-0.2, 0) is 25.5 Å². The topological polar surface area (TPSA) is 75.7 Å². The second-order valence-corrected chi connectivity index (χ2v) is 6.12. The van der Waals surface area contributed by atoms with E-state index in [0.717, 1.165) is 12.1 Å². The molecule has 0 bridgehead atoms. The molecule has 1 aromatic rings. The fraction of sp³-hybridized carbons (Fsp3) is 0.526. The Labute approximate surface area is 148 Å². The van der Waals surface area contributed by atoms with Gasteiger partial charge in [-0.3, -0.25) is 14.4 Å². The van der Waals surface area contributed by atoms with Crippen LogP contribution in [0, 0.1) is 5.92 Å². The Morgan fingerprint density at radius 2 is 1.96 bits per heavy atom. The molecule has 0 aromatic heterocycles. The number of nitrogens with zero attached hydrogens (tertiary/aromatic N) is 1. The third kappa shape index (κ3) is 5.31. The summed E-state index contributed by atoms with van der Waals surface area (Å²) in [6.45, 7) is 5.02. The fourth-order valence-electron chi connectivity index (χ4n) is 2.87. The van der Waals surface area contributed by atoms with Crippen LogP contribution in [0.2, 0.25) is 0 Å². The first-order chi connectivity index (χ1) is 12.0. The van der Waals surface area contributed by atoms with Gasteiger partial charge in [0.05, 0.1) is 12.5 Å². The normalized spacial score (nSPS) is 16.8. The lowest BCUT2D eigenvalue weighted by molar-refractivity contribution is -0.143. The number of amides is 2. The largest absolute Gasteiger partial charge is 0.466 e. The fourth-order valence-corrected chi connectivity index (χ4v) is 2.87. The highest BCUT2D eigenvalue weighted by Gasteiger charge is 2.34. The van der Waals surface area contributed by atoms with Crippen LogP contribution in [0.25, 0.3) is 0 Å². The number of rotatable bonds is 8. The Morgan fingerprint density at radius 1 is 1.24 bits per heavy atom. The first-order valence-corrected chi connectivity index (χ1v) is 8.87. The summed E-state index contributed by atoms with van der Waals surface area (Å²) in [5.74, 6) is -0.767. The van der Waals surface area contributed by atoms with E-state index in [1.165, 1.54) is 5.56 Å². The van der Waals surface area contributed by atoms with Crippen LogP contribution in [0.5, 0.6) is 0 Å². The van der Waals surface area contributed by atoms with Gasteiger partial charge >= 0.3 is 5.97 Å². The van der Waals surface area contributed by atoms with Crippen LogP contribution in [0.1, 0.15) is 38.7 Å². The standard InChI is InChI=1S/C19H26N2O4/c1-3-14-7-9-16(10-8-14)21-13-15(12-17(21)22)19(24)20-11-5-6-18(23)25-4-2/h7-10,15H,3-6,11-13H2,1-2H3,(H,20,24). The van der Waals surface area contributed by atoms with Crippen molar-refractivity contribution in [3.8, 4) is 0 Å². The summed E-state index contributed by atoms with van der Waals surface area (Å²) in [4.78, 5) is 37.4. The van der Waals surface area contributed by atoms with Crippen molar-refractivity contribution in [2.45, 2.75) is 39.5 Å². The average Bonchev–Trinajstić information content (AvgIpc) is 3.01. The van der Waals surface area contributed by atoms with Crippen molar-refractivity contribution in [2.24, 2.45) is 5.92 Å². The molecule has 1 aliphatic heterocycles. The van der Waals surface area contributed by atoms with Gasteiger partial charge in [0.1, 0.15) is 0 Å². The van der Waals surface area contributed by atoms with Crippen LogP contribution >= 0.6 is 0 Å². The zero-order valence-corrected chi connectivity index (χ0v) is 14.9. The molecular weight excluding hydrogens is 320 g/mol. The van der Waals surface area contributed by atoms with Crippen molar-refractivity contribution in [1.82, 2.24) is 5.32 Å². The van der Waals surface area contributed by atoms with E-state index < -0.39 is 0 Å². The molecule has 0 aliphatic carbocycles. The molecule has 6 nitrogen and oxygen atoms in total. The lowest BCUT2D eigenvalue weighted by Crippen LogP contribution is -2.33. The van der Waals surface area contributed by atoms with E-state index in [2.05, 4.69) is 12.2 Å². The Hall–Kier alpha value is -2.37. The zero-order chi connectivity index (χ0) is 18.2. The molecule has 6 heteroatoms. The van der Waals surface area contributed by atoms with Gasteiger partial charge in [-0.1, -0.05) is 19.1 Å². The number of hydrogen-bond donors (Lipinski definition) is 1. The van der Waals surface area contributed by atoms with Crippen LogP contribution in [0.3, 0.4) is 0 Å². The van der Waals surface area contributed by atoms with Gasteiger partial charge in [0.2, 0.25) is 11.8 Å². The minimum Gasteiger partial charge on any atom is -0.466 e. The predicted octanol–water partition coefficient (Wildman–Crippen LogP) is 2.06. The van der Waals surface area contributed by atoms with Gasteiger partial charge < -0.3 is 15.0 Å². The van der Waals surface area contributed by atoms with Gasteiger partial charge in [-0.25, -0.2) is 0 Å². The maximum Gasteiger partial charge on any atom is 0.305 e. The molecule has 1 atom stereocenters. The summed E-state index contributed by atoms with van der Waals surface area (Å²) in [7, 11) is 0. The smallest absolute Gasteiger partial charge is 0.305 e. The molecule has 2 amide bonds. The maximum atomic E-state index is 12.2. The molecule has 25 heavy (non-hydrogen) atoms.